The minimum Gasteiger partial charge on any atom is -0.355 e. The van der Waals surface area contributed by atoms with Gasteiger partial charge in [-0.1, -0.05) is 48.5 Å². The number of carbonyl (C=O) groups is 1. The zero-order valence-corrected chi connectivity index (χ0v) is 10.5. The molecular weight excluding hydrogens is 242 g/mol. The van der Waals surface area contributed by atoms with Gasteiger partial charge in [-0.05, 0) is 12.3 Å². The molecule has 2 nitrogen and oxygen atoms in total. The molecule has 0 bridgehead atoms. The highest BCUT2D eigenvalue weighted by molar-refractivity contribution is 9.09. The zero-order chi connectivity index (χ0) is 10.4. The lowest BCUT2D eigenvalue weighted by molar-refractivity contribution is -0.121. The van der Waals surface area contributed by atoms with Crippen LogP contribution in [0.15, 0.2) is 0 Å². The first-order valence-corrected chi connectivity index (χ1v) is 6.51. The summed E-state index contributed by atoms with van der Waals surface area (Å²) in [5.41, 5.74) is 0. The van der Waals surface area contributed by atoms with Crippen LogP contribution < -0.4 is 5.32 Å². The van der Waals surface area contributed by atoms with Crippen LogP contribution in [-0.2, 0) is 4.79 Å². The van der Waals surface area contributed by atoms with E-state index in [1.807, 2.05) is 6.92 Å². The van der Waals surface area contributed by atoms with Crippen molar-refractivity contribution in [2.75, 3.05) is 6.54 Å². The van der Waals surface area contributed by atoms with Gasteiger partial charge in [-0.2, -0.15) is 0 Å². The summed E-state index contributed by atoms with van der Waals surface area (Å²) < 4.78 is 0. The molecule has 1 saturated carbocycles. The maximum Gasteiger partial charge on any atom is 0.220 e. The molecule has 0 radical (unpaired) electrons. The van der Waals surface area contributed by atoms with Gasteiger partial charge in [-0.3, -0.25) is 4.79 Å². The van der Waals surface area contributed by atoms with Crippen molar-refractivity contribution in [2.45, 2.75) is 50.3 Å². The number of nitrogens with one attached hydrogen (secondary N) is 1. The molecule has 14 heavy (non-hydrogen) atoms. The van der Waals surface area contributed by atoms with Crippen molar-refractivity contribution in [1.82, 2.24) is 5.32 Å². The fraction of sp³-hybridized carbons (Fsp3) is 0.909. The topological polar surface area (TPSA) is 29.1 Å². The number of carbonyl (C=O) groups excluding carboxylic acids is 1. The summed E-state index contributed by atoms with van der Waals surface area (Å²) in [5.74, 6) is 1.03. The van der Waals surface area contributed by atoms with Crippen LogP contribution in [0.5, 0.6) is 0 Å². The standard InChI is InChI=1S/C11H20BrNO/c1-9(12)8-13-11(14)7-6-10-4-2-3-5-10/h9-10H,2-8H2,1H3,(H,13,14). The normalized spacial score (nSPS) is 19.6. The second kappa shape index (κ2) is 6.44. The number of amides is 1. The van der Waals surface area contributed by atoms with Crippen LogP contribution in [0.3, 0.4) is 0 Å². The van der Waals surface area contributed by atoms with Crippen molar-refractivity contribution in [3.63, 3.8) is 0 Å². The zero-order valence-electron chi connectivity index (χ0n) is 8.89. The molecule has 1 fully saturated rings. The van der Waals surface area contributed by atoms with Gasteiger partial charge in [-0.15, -0.1) is 0 Å². The van der Waals surface area contributed by atoms with Crippen LogP contribution in [0.4, 0.5) is 0 Å². The van der Waals surface area contributed by atoms with E-state index in [2.05, 4.69) is 21.2 Å². The summed E-state index contributed by atoms with van der Waals surface area (Å²) in [4.78, 5) is 11.7. The summed E-state index contributed by atoms with van der Waals surface area (Å²) in [7, 11) is 0. The molecule has 1 unspecified atom stereocenters. The molecule has 0 aromatic heterocycles. The number of hydrogen-bond acceptors (Lipinski definition) is 1. The number of halogens is 1. The third-order valence-electron chi connectivity index (χ3n) is 2.83. The van der Waals surface area contributed by atoms with E-state index >= 15 is 0 Å². The lowest BCUT2D eigenvalue weighted by Crippen LogP contribution is -2.28. The van der Waals surface area contributed by atoms with Crippen LogP contribution in [-0.4, -0.2) is 17.3 Å². The molecule has 0 aromatic carbocycles. The average Bonchev–Trinajstić information content (AvgIpc) is 2.63. The summed E-state index contributed by atoms with van der Waals surface area (Å²) in [6.07, 6.45) is 7.20. The Labute approximate surface area is 95.0 Å². The van der Waals surface area contributed by atoms with E-state index in [0.717, 1.165) is 18.9 Å². The van der Waals surface area contributed by atoms with E-state index < -0.39 is 0 Å². The summed E-state index contributed by atoms with van der Waals surface area (Å²) in [6, 6.07) is 0. The third kappa shape index (κ3) is 4.99. The predicted octanol–water partition coefficient (Wildman–Crippen LogP) is 2.86. The van der Waals surface area contributed by atoms with Crippen molar-refractivity contribution in [3.8, 4) is 0 Å². The smallest absolute Gasteiger partial charge is 0.220 e. The number of alkyl halides is 1. The van der Waals surface area contributed by atoms with Crippen molar-refractivity contribution >= 4 is 21.8 Å². The molecule has 1 N–H and O–H groups in total. The predicted molar refractivity (Wildman–Crippen MR) is 62.6 cm³/mol. The molecule has 82 valence electrons. The quantitative estimate of drug-likeness (QED) is 0.758. The first-order valence-electron chi connectivity index (χ1n) is 5.59. The highest BCUT2D eigenvalue weighted by Crippen LogP contribution is 2.28. The molecule has 1 aliphatic rings. The Balaban J connectivity index is 2.02. The van der Waals surface area contributed by atoms with Crippen LogP contribution >= 0.6 is 15.9 Å². The molecule has 0 saturated heterocycles. The van der Waals surface area contributed by atoms with Gasteiger partial charge in [-0.25, -0.2) is 0 Å². The van der Waals surface area contributed by atoms with Crippen LogP contribution in [0.1, 0.15) is 45.4 Å². The van der Waals surface area contributed by atoms with Gasteiger partial charge in [0.25, 0.3) is 0 Å². The SMILES string of the molecule is CC(Br)CNC(=O)CCC1CCCC1. The van der Waals surface area contributed by atoms with E-state index in [-0.39, 0.29) is 5.91 Å². The molecule has 3 heteroatoms. The maximum atomic E-state index is 11.4. The fourth-order valence-electron chi connectivity index (χ4n) is 1.98. The fourth-order valence-corrected chi connectivity index (χ4v) is 2.14. The Morgan fingerprint density at radius 3 is 2.71 bits per heavy atom. The van der Waals surface area contributed by atoms with Gasteiger partial charge in [0.1, 0.15) is 0 Å². The minimum atomic E-state index is 0.211. The first-order chi connectivity index (χ1) is 6.68. The Hall–Kier alpha value is -0.0500. The summed E-state index contributed by atoms with van der Waals surface area (Å²) in [5, 5.41) is 2.92. The Morgan fingerprint density at radius 2 is 2.14 bits per heavy atom. The van der Waals surface area contributed by atoms with E-state index in [1.165, 1.54) is 25.7 Å². The monoisotopic (exact) mass is 261 g/mol. The maximum absolute atomic E-state index is 11.4. The van der Waals surface area contributed by atoms with Crippen molar-refractivity contribution < 1.29 is 4.79 Å². The molecule has 1 aliphatic carbocycles. The number of rotatable bonds is 5. The van der Waals surface area contributed by atoms with Gasteiger partial charge in [0.2, 0.25) is 5.91 Å². The van der Waals surface area contributed by atoms with Gasteiger partial charge in [0.05, 0.1) is 0 Å². The summed E-state index contributed by atoms with van der Waals surface area (Å²) in [6.45, 7) is 2.78. The molecule has 0 heterocycles. The lowest BCUT2D eigenvalue weighted by atomic mass is 10.0. The van der Waals surface area contributed by atoms with Crippen LogP contribution in [0.2, 0.25) is 0 Å². The van der Waals surface area contributed by atoms with Gasteiger partial charge >= 0.3 is 0 Å². The lowest BCUT2D eigenvalue weighted by Gasteiger charge is -2.09. The van der Waals surface area contributed by atoms with E-state index in [0.29, 0.717) is 11.2 Å². The van der Waals surface area contributed by atoms with E-state index in [4.69, 9.17) is 0 Å². The van der Waals surface area contributed by atoms with Crippen molar-refractivity contribution in [3.05, 3.63) is 0 Å². The molecule has 0 spiro atoms. The number of hydrogen-bond donors (Lipinski definition) is 1. The molecule has 1 amide bonds. The second-order valence-corrected chi connectivity index (χ2v) is 5.84. The largest absolute Gasteiger partial charge is 0.355 e. The third-order valence-corrected chi connectivity index (χ3v) is 3.16. The van der Waals surface area contributed by atoms with Gasteiger partial charge in [0.15, 0.2) is 0 Å². The Kier molecular flexibility index (Phi) is 5.53. The minimum absolute atomic E-state index is 0.211. The molecule has 1 atom stereocenters. The van der Waals surface area contributed by atoms with E-state index in [9.17, 15) is 4.79 Å². The van der Waals surface area contributed by atoms with Crippen LogP contribution in [0.25, 0.3) is 0 Å². The molecule has 0 aliphatic heterocycles. The van der Waals surface area contributed by atoms with Gasteiger partial charge < -0.3 is 5.32 Å². The van der Waals surface area contributed by atoms with Crippen LogP contribution in [0, 0.1) is 5.92 Å². The van der Waals surface area contributed by atoms with E-state index in [1.54, 1.807) is 0 Å². The average molecular weight is 262 g/mol. The van der Waals surface area contributed by atoms with Gasteiger partial charge in [0, 0.05) is 17.8 Å². The second-order valence-electron chi connectivity index (χ2n) is 4.27. The molecule has 0 aromatic rings. The highest BCUT2D eigenvalue weighted by atomic mass is 79.9. The highest BCUT2D eigenvalue weighted by Gasteiger charge is 2.15. The Morgan fingerprint density at radius 1 is 1.50 bits per heavy atom. The van der Waals surface area contributed by atoms with Crippen molar-refractivity contribution in [2.24, 2.45) is 5.92 Å². The van der Waals surface area contributed by atoms with Crippen molar-refractivity contribution in [1.29, 1.82) is 0 Å². The first kappa shape index (κ1) is 12.0. The summed E-state index contributed by atoms with van der Waals surface area (Å²) >= 11 is 3.41. The Bertz CT molecular complexity index is 176. The molecule has 1 rings (SSSR count). The molecular formula is C11H20BrNO.